The van der Waals surface area contributed by atoms with Gasteiger partial charge in [0, 0.05) is 19.6 Å². The molecular formula is C22H32ClN3O3. The third-order valence-electron chi connectivity index (χ3n) is 6.15. The standard InChI is InChI=1S/C22H31N3O3.ClH/c26-21-16-24(22(27)19-8-3-5-14-25(19)21)13-6-4-12-23-15-18-11-10-17-7-1-2-9-20(17)28-18;/h1-2,7,9,18-19,23H,3-6,8,10-16H2;1H. The van der Waals surface area contributed by atoms with E-state index in [9.17, 15) is 9.59 Å². The molecule has 1 aromatic rings. The molecule has 160 valence electrons. The number of carbonyl (C=O) groups is 2. The Morgan fingerprint density at radius 1 is 1.10 bits per heavy atom. The van der Waals surface area contributed by atoms with Crippen LogP contribution in [0.25, 0.3) is 0 Å². The number of carbonyl (C=O) groups excluding carboxylic acids is 2. The summed E-state index contributed by atoms with van der Waals surface area (Å²) in [5.41, 5.74) is 1.30. The lowest BCUT2D eigenvalue weighted by Crippen LogP contribution is -2.61. The quantitative estimate of drug-likeness (QED) is 0.687. The van der Waals surface area contributed by atoms with Gasteiger partial charge >= 0.3 is 0 Å². The minimum Gasteiger partial charge on any atom is -0.489 e. The lowest BCUT2D eigenvalue weighted by molar-refractivity contribution is -0.157. The van der Waals surface area contributed by atoms with Crippen LogP contribution in [-0.4, -0.2) is 66.5 Å². The number of halogens is 1. The molecule has 3 heterocycles. The van der Waals surface area contributed by atoms with Crippen molar-refractivity contribution in [1.29, 1.82) is 0 Å². The van der Waals surface area contributed by atoms with Crippen LogP contribution in [0.5, 0.6) is 5.75 Å². The van der Waals surface area contributed by atoms with Crippen molar-refractivity contribution >= 4 is 24.2 Å². The SMILES string of the molecule is Cl.O=C1C2CCCCN2C(=O)CN1CCCCNCC1CCc2ccccc2O1. The summed E-state index contributed by atoms with van der Waals surface area (Å²) in [5, 5.41) is 3.49. The molecule has 0 spiro atoms. The predicted octanol–water partition coefficient (Wildman–Crippen LogP) is 2.40. The summed E-state index contributed by atoms with van der Waals surface area (Å²) < 4.78 is 6.05. The summed E-state index contributed by atoms with van der Waals surface area (Å²) in [6, 6.07) is 8.07. The van der Waals surface area contributed by atoms with Gasteiger partial charge in [-0.15, -0.1) is 12.4 Å². The molecule has 6 nitrogen and oxygen atoms in total. The molecule has 2 unspecified atom stereocenters. The predicted molar refractivity (Wildman–Crippen MR) is 114 cm³/mol. The van der Waals surface area contributed by atoms with Crippen LogP contribution >= 0.6 is 12.4 Å². The van der Waals surface area contributed by atoms with Gasteiger partial charge in [-0.1, -0.05) is 18.2 Å². The van der Waals surface area contributed by atoms with Gasteiger partial charge < -0.3 is 19.9 Å². The van der Waals surface area contributed by atoms with E-state index in [2.05, 4.69) is 17.4 Å². The second-order valence-corrected chi connectivity index (χ2v) is 8.16. The Hall–Kier alpha value is -1.79. The zero-order valence-corrected chi connectivity index (χ0v) is 17.8. The van der Waals surface area contributed by atoms with Gasteiger partial charge in [0.05, 0.1) is 6.54 Å². The first-order valence-electron chi connectivity index (χ1n) is 10.8. The number of piperidine rings is 1. The maximum atomic E-state index is 12.6. The second kappa shape index (κ2) is 10.3. The van der Waals surface area contributed by atoms with Gasteiger partial charge in [-0.3, -0.25) is 9.59 Å². The number of fused-ring (bicyclic) bond motifs is 2. The molecule has 1 N–H and O–H groups in total. The van der Waals surface area contributed by atoms with E-state index >= 15 is 0 Å². The summed E-state index contributed by atoms with van der Waals surface area (Å²) >= 11 is 0. The molecule has 3 aliphatic rings. The fourth-order valence-corrected chi connectivity index (χ4v) is 4.56. The van der Waals surface area contributed by atoms with Crippen molar-refractivity contribution < 1.29 is 14.3 Å². The van der Waals surface area contributed by atoms with Crippen LogP contribution < -0.4 is 10.1 Å². The highest BCUT2D eigenvalue weighted by atomic mass is 35.5. The van der Waals surface area contributed by atoms with E-state index in [4.69, 9.17) is 4.74 Å². The molecule has 2 saturated heterocycles. The highest BCUT2D eigenvalue weighted by Gasteiger charge is 2.39. The number of amides is 2. The van der Waals surface area contributed by atoms with E-state index in [1.54, 1.807) is 9.80 Å². The van der Waals surface area contributed by atoms with Gasteiger partial charge in [0.1, 0.15) is 17.9 Å². The van der Waals surface area contributed by atoms with Crippen LogP contribution in [-0.2, 0) is 16.0 Å². The van der Waals surface area contributed by atoms with Crippen LogP contribution in [0.3, 0.4) is 0 Å². The summed E-state index contributed by atoms with van der Waals surface area (Å²) in [7, 11) is 0. The maximum absolute atomic E-state index is 12.6. The molecular weight excluding hydrogens is 390 g/mol. The van der Waals surface area contributed by atoms with Gasteiger partial charge in [0.15, 0.2) is 0 Å². The molecule has 2 amide bonds. The largest absolute Gasteiger partial charge is 0.489 e. The topological polar surface area (TPSA) is 61.9 Å². The van der Waals surface area contributed by atoms with Crippen molar-refractivity contribution in [3.05, 3.63) is 29.8 Å². The summed E-state index contributed by atoms with van der Waals surface area (Å²) in [6.07, 6.45) is 7.17. The molecule has 29 heavy (non-hydrogen) atoms. The Morgan fingerprint density at radius 2 is 1.97 bits per heavy atom. The summed E-state index contributed by atoms with van der Waals surface area (Å²) in [5.74, 6) is 1.30. The highest BCUT2D eigenvalue weighted by Crippen LogP contribution is 2.26. The Kier molecular flexibility index (Phi) is 7.78. The fourth-order valence-electron chi connectivity index (χ4n) is 4.56. The molecule has 7 heteroatoms. The van der Waals surface area contributed by atoms with Gasteiger partial charge in [0.2, 0.25) is 11.8 Å². The minimum atomic E-state index is -0.195. The maximum Gasteiger partial charge on any atom is 0.245 e. The van der Waals surface area contributed by atoms with Crippen LogP contribution in [0.1, 0.15) is 44.1 Å². The number of hydrogen-bond acceptors (Lipinski definition) is 4. The van der Waals surface area contributed by atoms with Crippen molar-refractivity contribution in [1.82, 2.24) is 15.1 Å². The smallest absolute Gasteiger partial charge is 0.245 e. The van der Waals surface area contributed by atoms with Gasteiger partial charge in [0.25, 0.3) is 0 Å². The number of ether oxygens (including phenoxy) is 1. The fraction of sp³-hybridized carbons (Fsp3) is 0.636. The lowest BCUT2D eigenvalue weighted by atomic mass is 9.98. The van der Waals surface area contributed by atoms with Gasteiger partial charge in [-0.25, -0.2) is 0 Å². The number of unbranched alkanes of at least 4 members (excludes halogenated alkanes) is 1. The molecule has 0 radical (unpaired) electrons. The average Bonchev–Trinajstić information content (AvgIpc) is 2.74. The zero-order valence-electron chi connectivity index (χ0n) is 17.0. The Bertz CT molecular complexity index is 714. The third-order valence-corrected chi connectivity index (χ3v) is 6.15. The monoisotopic (exact) mass is 421 g/mol. The van der Waals surface area contributed by atoms with Gasteiger partial charge in [-0.2, -0.15) is 0 Å². The second-order valence-electron chi connectivity index (χ2n) is 8.16. The number of aryl methyl sites for hydroxylation is 1. The number of para-hydroxylation sites is 1. The number of hydrogen-bond donors (Lipinski definition) is 1. The first kappa shape index (κ1) is 21.9. The van der Waals surface area contributed by atoms with Crippen LogP contribution in [0.15, 0.2) is 24.3 Å². The zero-order chi connectivity index (χ0) is 19.3. The molecule has 3 aliphatic heterocycles. The highest BCUT2D eigenvalue weighted by molar-refractivity contribution is 5.95. The van der Waals surface area contributed by atoms with Crippen LogP contribution in [0.4, 0.5) is 0 Å². The van der Waals surface area contributed by atoms with E-state index in [0.29, 0.717) is 6.54 Å². The number of rotatable bonds is 7. The molecule has 1 aromatic carbocycles. The van der Waals surface area contributed by atoms with E-state index in [-0.39, 0.29) is 42.9 Å². The molecule has 0 aromatic heterocycles. The van der Waals surface area contributed by atoms with E-state index in [0.717, 1.165) is 70.3 Å². The van der Waals surface area contributed by atoms with Crippen molar-refractivity contribution in [3.63, 3.8) is 0 Å². The number of benzene rings is 1. The first-order valence-corrected chi connectivity index (χ1v) is 10.8. The van der Waals surface area contributed by atoms with Crippen molar-refractivity contribution in [2.45, 2.75) is 57.1 Å². The lowest BCUT2D eigenvalue weighted by Gasteiger charge is -2.42. The molecule has 0 bridgehead atoms. The molecule has 0 aliphatic carbocycles. The summed E-state index contributed by atoms with van der Waals surface area (Å²) in [6.45, 7) is 3.46. The van der Waals surface area contributed by atoms with E-state index in [1.807, 2.05) is 12.1 Å². The third kappa shape index (κ3) is 5.23. The molecule has 4 rings (SSSR count). The normalized spacial score (nSPS) is 23.7. The van der Waals surface area contributed by atoms with Crippen LogP contribution in [0, 0.1) is 0 Å². The Labute approximate surface area is 179 Å². The molecule has 2 atom stereocenters. The van der Waals surface area contributed by atoms with Crippen molar-refractivity contribution in [2.75, 3.05) is 32.7 Å². The number of nitrogens with one attached hydrogen (secondary N) is 1. The molecule has 2 fully saturated rings. The first-order chi connectivity index (χ1) is 13.7. The van der Waals surface area contributed by atoms with Gasteiger partial charge in [-0.05, 0) is 63.1 Å². The van der Waals surface area contributed by atoms with Crippen molar-refractivity contribution in [3.8, 4) is 5.75 Å². The number of piperazine rings is 1. The number of nitrogens with zero attached hydrogens (tertiary/aromatic N) is 2. The van der Waals surface area contributed by atoms with Crippen LogP contribution in [0.2, 0.25) is 0 Å². The Balaban J connectivity index is 0.00000240. The minimum absolute atomic E-state index is 0. The Morgan fingerprint density at radius 3 is 2.86 bits per heavy atom. The van der Waals surface area contributed by atoms with E-state index in [1.165, 1.54) is 5.56 Å². The average molecular weight is 422 g/mol. The molecule has 0 saturated carbocycles. The van der Waals surface area contributed by atoms with Crippen molar-refractivity contribution in [2.24, 2.45) is 0 Å². The summed E-state index contributed by atoms with van der Waals surface area (Å²) in [4.78, 5) is 28.5. The van der Waals surface area contributed by atoms with E-state index < -0.39 is 0 Å².